The Labute approximate surface area is 116 Å². The molecule has 0 amide bonds. The van der Waals surface area contributed by atoms with E-state index < -0.39 is 0 Å². The second kappa shape index (κ2) is 21.6. The number of unbranched alkanes of at least 4 members (excludes halogenated alkanes) is 10. The minimum absolute atomic E-state index is 0.842. The van der Waals surface area contributed by atoms with Crippen molar-refractivity contribution in [2.45, 2.75) is 97.8 Å². The molecular weight excluding hydrogens is 228 g/mol. The fourth-order valence-electron chi connectivity index (χ4n) is 1.73. The van der Waals surface area contributed by atoms with Gasteiger partial charge in [-0.2, -0.15) is 0 Å². The number of hydrogen-bond acceptors (Lipinski definition) is 0. The highest BCUT2D eigenvalue weighted by Crippen LogP contribution is 2.08. The lowest BCUT2D eigenvalue weighted by Crippen LogP contribution is -1.80. The molecule has 0 rings (SSSR count). The van der Waals surface area contributed by atoms with Gasteiger partial charge in [-0.1, -0.05) is 91.4 Å². The maximum atomic E-state index is 5.56. The van der Waals surface area contributed by atoms with E-state index >= 15 is 0 Å². The molecule has 0 aliphatic rings. The molecule has 0 aromatic rings. The molecule has 1 heteroatoms. The highest BCUT2D eigenvalue weighted by Gasteiger charge is 1.89. The van der Waals surface area contributed by atoms with E-state index in [0.717, 1.165) is 5.88 Å². The molecule has 17 heavy (non-hydrogen) atoms. The van der Waals surface area contributed by atoms with Crippen LogP contribution in [0.5, 0.6) is 0 Å². The first-order chi connectivity index (χ1) is 8.33. The van der Waals surface area contributed by atoms with Crippen LogP contribution >= 0.6 is 11.6 Å². The Morgan fingerprint density at radius 1 is 0.471 bits per heavy atom. The van der Waals surface area contributed by atoms with Gasteiger partial charge in [-0.25, -0.2) is 0 Å². The molecule has 0 heterocycles. The van der Waals surface area contributed by atoms with Gasteiger partial charge in [0.2, 0.25) is 0 Å². The highest BCUT2D eigenvalue weighted by molar-refractivity contribution is 6.17. The summed E-state index contributed by atoms with van der Waals surface area (Å²) >= 11 is 5.56. The fraction of sp³-hybridized carbons (Fsp3) is 1.00. The molecule has 0 saturated heterocycles. The fourth-order valence-corrected chi connectivity index (χ4v) is 1.92. The molecule has 0 aliphatic heterocycles. The van der Waals surface area contributed by atoms with Crippen LogP contribution in [0.2, 0.25) is 0 Å². The predicted molar refractivity (Wildman–Crippen MR) is 83.1 cm³/mol. The van der Waals surface area contributed by atoms with E-state index in [1.165, 1.54) is 77.0 Å². The number of alkyl halides is 1. The Kier molecular flexibility index (Phi) is 24.9. The first kappa shape index (κ1) is 19.6. The third kappa shape index (κ3) is 26.1. The molecule has 0 unspecified atom stereocenters. The molecule has 0 bridgehead atoms. The van der Waals surface area contributed by atoms with Gasteiger partial charge in [-0.3, -0.25) is 0 Å². The van der Waals surface area contributed by atoms with Gasteiger partial charge in [-0.15, -0.1) is 11.6 Å². The van der Waals surface area contributed by atoms with Gasteiger partial charge < -0.3 is 0 Å². The van der Waals surface area contributed by atoms with Gasteiger partial charge in [0.15, 0.2) is 0 Å². The van der Waals surface area contributed by atoms with E-state index in [-0.39, 0.29) is 0 Å². The quantitative estimate of drug-likeness (QED) is 0.279. The van der Waals surface area contributed by atoms with Crippen LogP contribution in [0.4, 0.5) is 0 Å². The molecule has 0 radical (unpaired) electrons. The van der Waals surface area contributed by atoms with Crippen molar-refractivity contribution in [1.82, 2.24) is 0 Å². The van der Waals surface area contributed by atoms with Crippen LogP contribution in [0.1, 0.15) is 97.8 Å². The van der Waals surface area contributed by atoms with Crippen LogP contribution in [0, 0.1) is 0 Å². The molecule has 0 aromatic carbocycles. The van der Waals surface area contributed by atoms with Crippen LogP contribution in [0.25, 0.3) is 0 Å². The standard InChI is InChI=1S/C10H21Cl.C6H14/c1-2-3-4-5-6-7-8-9-10-11;1-3-5-6-4-2/h2-10H2,1H3;3-6H2,1-2H3. The third-order valence-electron chi connectivity index (χ3n) is 2.94. The average molecular weight is 263 g/mol. The largest absolute Gasteiger partial charge is 0.127 e. The van der Waals surface area contributed by atoms with Crippen LogP contribution in [0.3, 0.4) is 0 Å². The molecular formula is C16H35Cl. The van der Waals surface area contributed by atoms with Gasteiger partial charge in [0.1, 0.15) is 0 Å². The van der Waals surface area contributed by atoms with Crippen molar-refractivity contribution in [3.8, 4) is 0 Å². The Balaban J connectivity index is 0. The van der Waals surface area contributed by atoms with Gasteiger partial charge in [0, 0.05) is 5.88 Å². The summed E-state index contributed by atoms with van der Waals surface area (Å²) in [6.07, 6.45) is 16.5. The van der Waals surface area contributed by atoms with Gasteiger partial charge in [0.25, 0.3) is 0 Å². The second-order valence-electron chi connectivity index (χ2n) is 4.87. The van der Waals surface area contributed by atoms with Gasteiger partial charge in [-0.05, 0) is 6.42 Å². The molecule has 0 spiro atoms. The Hall–Kier alpha value is 0.290. The van der Waals surface area contributed by atoms with E-state index in [2.05, 4.69) is 20.8 Å². The zero-order chi connectivity index (χ0) is 13.2. The Morgan fingerprint density at radius 3 is 1.12 bits per heavy atom. The van der Waals surface area contributed by atoms with Crippen molar-refractivity contribution in [3.05, 3.63) is 0 Å². The highest BCUT2D eigenvalue weighted by atomic mass is 35.5. The molecule has 0 nitrogen and oxygen atoms in total. The van der Waals surface area contributed by atoms with Crippen LogP contribution in [0.15, 0.2) is 0 Å². The summed E-state index contributed by atoms with van der Waals surface area (Å²) in [6, 6.07) is 0. The summed E-state index contributed by atoms with van der Waals surface area (Å²) in [5.41, 5.74) is 0. The smallest absolute Gasteiger partial charge is 0.0223 e. The number of halogens is 1. The molecule has 0 aliphatic carbocycles. The Bertz CT molecular complexity index is 89.7. The normalized spacial score (nSPS) is 9.88. The summed E-state index contributed by atoms with van der Waals surface area (Å²) in [6.45, 7) is 6.72. The molecule has 106 valence electrons. The van der Waals surface area contributed by atoms with Crippen LogP contribution in [-0.2, 0) is 0 Å². The Morgan fingerprint density at radius 2 is 0.765 bits per heavy atom. The van der Waals surface area contributed by atoms with Crippen LogP contribution < -0.4 is 0 Å². The van der Waals surface area contributed by atoms with Crippen molar-refractivity contribution in [1.29, 1.82) is 0 Å². The van der Waals surface area contributed by atoms with Crippen LogP contribution in [-0.4, -0.2) is 5.88 Å². The predicted octanol–water partition coefficient (Wildman–Crippen LogP) is 6.95. The topological polar surface area (TPSA) is 0 Å². The number of hydrogen-bond donors (Lipinski definition) is 0. The van der Waals surface area contributed by atoms with E-state index in [4.69, 9.17) is 11.6 Å². The van der Waals surface area contributed by atoms with Crippen molar-refractivity contribution in [2.24, 2.45) is 0 Å². The molecule has 0 fully saturated rings. The molecule has 0 saturated carbocycles. The van der Waals surface area contributed by atoms with Crippen molar-refractivity contribution in [2.75, 3.05) is 5.88 Å². The van der Waals surface area contributed by atoms with Crippen molar-refractivity contribution in [3.63, 3.8) is 0 Å². The SMILES string of the molecule is CCCCCC.CCCCCCCCCCCl. The summed E-state index contributed by atoms with van der Waals surface area (Å²) < 4.78 is 0. The molecule has 0 aromatic heterocycles. The lowest BCUT2D eigenvalue weighted by Gasteiger charge is -1.98. The monoisotopic (exact) mass is 262 g/mol. The minimum Gasteiger partial charge on any atom is -0.127 e. The summed E-state index contributed by atoms with van der Waals surface area (Å²) in [4.78, 5) is 0. The average Bonchev–Trinajstić information content (AvgIpc) is 2.36. The maximum absolute atomic E-state index is 5.56. The van der Waals surface area contributed by atoms with Gasteiger partial charge >= 0.3 is 0 Å². The lowest BCUT2D eigenvalue weighted by atomic mass is 10.1. The zero-order valence-electron chi connectivity index (χ0n) is 12.6. The third-order valence-corrected chi connectivity index (χ3v) is 3.21. The van der Waals surface area contributed by atoms with Crippen molar-refractivity contribution >= 4 is 11.6 Å². The van der Waals surface area contributed by atoms with Crippen molar-refractivity contribution < 1.29 is 0 Å². The second-order valence-corrected chi connectivity index (χ2v) is 5.25. The first-order valence-electron chi connectivity index (χ1n) is 7.89. The summed E-state index contributed by atoms with van der Waals surface area (Å²) in [7, 11) is 0. The minimum atomic E-state index is 0.842. The summed E-state index contributed by atoms with van der Waals surface area (Å²) in [5, 5.41) is 0. The van der Waals surface area contributed by atoms with E-state index in [1.54, 1.807) is 0 Å². The molecule has 0 N–H and O–H groups in total. The number of rotatable bonds is 11. The zero-order valence-corrected chi connectivity index (χ0v) is 13.3. The lowest BCUT2D eigenvalue weighted by molar-refractivity contribution is 0.586. The van der Waals surface area contributed by atoms with Gasteiger partial charge in [0.05, 0.1) is 0 Å². The summed E-state index contributed by atoms with van der Waals surface area (Å²) in [5.74, 6) is 0.842. The van der Waals surface area contributed by atoms with E-state index in [9.17, 15) is 0 Å². The first-order valence-corrected chi connectivity index (χ1v) is 8.42. The molecule has 0 atom stereocenters. The van der Waals surface area contributed by atoms with E-state index in [1.807, 2.05) is 0 Å². The maximum Gasteiger partial charge on any atom is 0.0223 e. The van der Waals surface area contributed by atoms with E-state index in [0.29, 0.717) is 0 Å².